The summed E-state index contributed by atoms with van der Waals surface area (Å²) < 4.78 is 1.62. The molecule has 1 atom stereocenters. The number of Topliss-reactive ketones (excluding diaryl/α,β-unsaturated/α-hetero) is 1. The first kappa shape index (κ1) is 10.3. The minimum atomic E-state index is 0.245. The molecule has 1 saturated heterocycles. The Morgan fingerprint density at radius 3 is 3.20 bits per heavy atom. The van der Waals surface area contributed by atoms with Gasteiger partial charge in [0, 0.05) is 25.7 Å². The van der Waals surface area contributed by atoms with Gasteiger partial charge in [0.25, 0.3) is 0 Å². The molecule has 5 nitrogen and oxygen atoms in total. The standard InChI is InChI=1S/C10H16N4O/c1-14-7-9(12-13-14)6-10(15)5-8-3-2-4-11-8/h7-8,11H,2-6H2,1H3. The van der Waals surface area contributed by atoms with E-state index in [-0.39, 0.29) is 5.78 Å². The number of hydrogen-bond acceptors (Lipinski definition) is 4. The minimum Gasteiger partial charge on any atom is -0.314 e. The van der Waals surface area contributed by atoms with Gasteiger partial charge in [0.1, 0.15) is 5.78 Å². The molecule has 1 aliphatic heterocycles. The van der Waals surface area contributed by atoms with Crippen molar-refractivity contribution in [3.05, 3.63) is 11.9 Å². The Balaban J connectivity index is 1.81. The molecular formula is C10H16N4O. The van der Waals surface area contributed by atoms with E-state index in [0.29, 0.717) is 18.9 Å². The first-order valence-corrected chi connectivity index (χ1v) is 5.34. The van der Waals surface area contributed by atoms with Gasteiger partial charge < -0.3 is 5.32 Å². The Kier molecular flexibility index (Phi) is 3.11. The van der Waals surface area contributed by atoms with Crippen molar-refractivity contribution in [2.24, 2.45) is 7.05 Å². The molecule has 1 aromatic rings. The summed E-state index contributed by atoms with van der Waals surface area (Å²) in [7, 11) is 1.81. The van der Waals surface area contributed by atoms with Gasteiger partial charge in [-0.15, -0.1) is 5.10 Å². The van der Waals surface area contributed by atoms with Crippen molar-refractivity contribution in [2.45, 2.75) is 31.7 Å². The normalized spacial score (nSPS) is 20.7. The van der Waals surface area contributed by atoms with Crippen molar-refractivity contribution in [1.29, 1.82) is 0 Å². The fourth-order valence-corrected chi connectivity index (χ4v) is 1.96. The zero-order valence-corrected chi connectivity index (χ0v) is 8.94. The maximum Gasteiger partial charge on any atom is 0.140 e. The molecular weight excluding hydrogens is 192 g/mol. The van der Waals surface area contributed by atoms with Crippen LogP contribution in [0.3, 0.4) is 0 Å². The van der Waals surface area contributed by atoms with Crippen molar-refractivity contribution in [1.82, 2.24) is 20.3 Å². The number of rotatable bonds is 4. The quantitative estimate of drug-likeness (QED) is 0.760. The number of carbonyl (C=O) groups is 1. The molecule has 0 spiro atoms. The summed E-state index contributed by atoms with van der Waals surface area (Å²) in [4.78, 5) is 11.7. The van der Waals surface area contributed by atoms with Gasteiger partial charge in [0.2, 0.25) is 0 Å². The van der Waals surface area contributed by atoms with Gasteiger partial charge in [-0.25, -0.2) is 0 Å². The number of aryl methyl sites for hydroxylation is 1. The molecule has 0 aromatic carbocycles. The fourth-order valence-electron chi connectivity index (χ4n) is 1.96. The lowest BCUT2D eigenvalue weighted by Gasteiger charge is -2.07. The fraction of sp³-hybridized carbons (Fsp3) is 0.700. The van der Waals surface area contributed by atoms with Crippen molar-refractivity contribution >= 4 is 5.78 Å². The van der Waals surface area contributed by atoms with Gasteiger partial charge in [-0.2, -0.15) is 0 Å². The molecule has 1 aliphatic rings. The van der Waals surface area contributed by atoms with Crippen molar-refractivity contribution in [3.8, 4) is 0 Å². The molecule has 0 amide bonds. The van der Waals surface area contributed by atoms with Gasteiger partial charge in [-0.05, 0) is 19.4 Å². The number of ketones is 1. The van der Waals surface area contributed by atoms with Crippen LogP contribution in [0.15, 0.2) is 6.20 Å². The topological polar surface area (TPSA) is 59.8 Å². The van der Waals surface area contributed by atoms with Crippen LogP contribution in [0.4, 0.5) is 0 Å². The van der Waals surface area contributed by atoms with Crippen molar-refractivity contribution in [2.75, 3.05) is 6.54 Å². The summed E-state index contributed by atoms with van der Waals surface area (Å²) in [5, 5.41) is 11.0. The molecule has 1 N–H and O–H groups in total. The molecule has 2 heterocycles. The monoisotopic (exact) mass is 208 g/mol. The molecule has 0 aliphatic carbocycles. The average Bonchev–Trinajstić information content (AvgIpc) is 2.77. The summed E-state index contributed by atoms with van der Waals surface area (Å²) >= 11 is 0. The molecule has 5 heteroatoms. The zero-order valence-electron chi connectivity index (χ0n) is 8.94. The van der Waals surface area contributed by atoms with E-state index in [0.717, 1.165) is 18.7 Å². The third-order valence-corrected chi connectivity index (χ3v) is 2.66. The summed E-state index contributed by atoms with van der Waals surface area (Å²) in [6.07, 6.45) is 5.12. The van der Waals surface area contributed by atoms with Crippen LogP contribution in [0.2, 0.25) is 0 Å². The highest BCUT2D eigenvalue weighted by atomic mass is 16.1. The largest absolute Gasteiger partial charge is 0.314 e. The maximum atomic E-state index is 11.7. The van der Waals surface area contributed by atoms with Crippen LogP contribution in [0, 0.1) is 0 Å². The molecule has 1 aromatic heterocycles. The third-order valence-electron chi connectivity index (χ3n) is 2.66. The Hall–Kier alpha value is -1.23. The van der Waals surface area contributed by atoms with E-state index < -0.39 is 0 Å². The maximum absolute atomic E-state index is 11.7. The number of nitrogens with one attached hydrogen (secondary N) is 1. The van der Waals surface area contributed by atoms with Crippen molar-refractivity contribution < 1.29 is 4.79 Å². The smallest absolute Gasteiger partial charge is 0.140 e. The lowest BCUT2D eigenvalue weighted by Crippen LogP contribution is -2.25. The van der Waals surface area contributed by atoms with E-state index in [9.17, 15) is 4.79 Å². The Morgan fingerprint density at radius 2 is 2.60 bits per heavy atom. The number of aromatic nitrogens is 3. The molecule has 2 rings (SSSR count). The molecule has 1 unspecified atom stereocenters. The van der Waals surface area contributed by atoms with Gasteiger partial charge in [-0.1, -0.05) is 5.21 Å². The minimum absolute atomic E-state index is 0.245. The van der Waals surface area contributed by atoms with Gasteiger partial charge in [-0.3, -0.25) is 9.48 Å². The molecule has 0 saturated carbocycles. The average molecular weight is 208 g/mol. The molecule has 0 radical (unpaired) electrons. The molecule has 82 valence electrons. The second-order valence-corrected chi connectivity index (χ2v) is 4.10. The summed E-state index contributed by atoms with van der Waals surface area (Å²) in [6.45, 7) is 1.04. The van der Waals surface area contributed by atoms with Crippen LogP contribution in [0.25, 0.3) is 0 Å². The number of carbonyl (C=O) groups excluding carboxylic acids is 1. The highest BCUT2D eigenvalue weighted by Gasteiger charge is 2.18. The lowest BCUT2D eigenvalue weighted by atomic mass is 10.1. The number of hydrogen-bond donors (Lipinski definition) is 1. The summed E-state index contributed by atoms with van der Waals surface area (Å²) in [5.41, 5.74) is 0.764. The zero-order chi connectivity index (χ0) is 10.7. The van der Waals surface area contributed by atoms with E-state index in [2.05, 4.69) is 15.6 Å². The molecule has 15 heavy (non-hydrogen) atoms. The lowest BCUT2D eigenvalue weighted by molar-refractivity contribution is -0.118. The molecule has 1 fully saturated rings. The van der Waals surface area contributed by atoms with Gasteiger partial charge in [0.15, 0.2) is 0 Å². The van der Waals surface area contributed by atoms with Crippen molar-refractivity contribution in [3.63, 3.8) is 0 Å². The van der Waals surface area contributed by atoms with Crippen LogP contribution in [0.1, 0.15) is 25.0 Å². The van der Waals surface area contributed by atoms with E-state index in [1.54, 1.807) is 17.9 Å². The highest BCUT2D eigenvalue weighted by Crippen LogP contribution is 2.10. The second kappa shape index (κ2) is 4.53. The first-order valence-electron chi connectivity index (χ1n) is 5.34. The van der Waals surface area contributed by atoms with Gasteiger partial charge in [0.05, 0.1) is 12.1 Å². The Morgan fingerprint density at radius 1 is 1.73 bits per heavy atom. The van der Waals surface area contributed by atoms with E-state index in [1.807, 2.05) is 0 Å². The summed E-state index contributed by atoms with van der Waals surface area (Å²) in [5.74, 6) is 0.245. The van der Waals surface area contributed by atoms with Crippen LogP contribution < -0.4 is 5.32 Å². The van der Waals surface area contributed by atoms with Gasteiger partial charge >= 0.3 is 0 Å². The number of nitrogens with zero attached hydrogens (tertiary/aromatic N) is 3. The second-order valence-electron chi connectivity index (χ2n) is 4.10. The third kappa shape index (κ3) is 2.86. The first-order chi connectivity index (χ1) is 7.24. The van der Waals surface area contributed by atoms with Crippen LogP contribution in [0.5, 0.6) is 0 Å². The van der Waals surface area contributed by atoms with Crippen LogP contribution in [-0.2, 0) is 18.3 Å². The van der Waals surface area contributed by atoms with Crippen LogP contribution in [-0.4, -0.2) is 33.4 Å². The van der Waals surface area contributed by atoms with E-state index >= 15 is 0 Å². The predicted molar refractivity (Wildman–Crippen MR) is 55.4 cm³/mol. The highest BCUT2D eigenvalue weighted by molar-refractivity contribution is 5.80. The predicted octanol–water partition coefficient (Wildman–Crippen LogP) is 0.0688. The summed E-state index contributed by atoms with van der Waals surface area (Å²) in [6, 6.07) is 0.383. The SMILES string of the molecule is Cn1cc(CC(=O)CC2CCCN2)nn1. The molecule has 0 bridgehead atoms. The van der Waals surface area contributed by atoms with Crippen LogP contribution >= 0.6 is 0 Å². The Bertz CT molecular complexity index is 341. The Labute approximate surface area is 88.9 Å². The van der Waals surface area contributed by atoms with E-state index in [4.69, 9.17) is 0 Å². The van der Waals surface area contributed by atoms with E-state index in [1.165, 1.54) is 6.42 Å².